The van der Waals surface area contributed by atoms with E-state index in [2.05, 4.69) is 20.6 Å². The molecule has 7 nitrogen and oxygen atoms in total. The molecule has 2 heterocycles. The second kappa shape index (κ2) is 10.0. The number of nitrogens with zero attached hydrogens (tertiary/aromatic N) is 4. The van der Waals surface area contributed by atoms with E-state index in [0.29, 0.717) is 23.1 Å². The fourth-order valence-corrected chi connectivity index (χ4v) is 3.76. The first-order chi connectivity index (χ1) is 17.2. The van der Waals surface area contributed by atoms with Crippen molar-refractivity contribution >= 4 is 11.6 Å². The lowest BCUT2D eigenvalue weighted by Crippen LogP contribution is -2.22. The van der Waals surface area contributed by atoms with E-state index in [4.69, 9.17) is 4.74 Å². The quantitative estimate of drug-likeness (QED) is 0.344. The zero-order valence-corrected chi connectivity index (χ0v) is 19.1. The molecule has 0 unspecified atom stereocenters. The topological polar surface area (TPSA) is 81.9 Å². The zero-order valence-electron chi connectivity index (χ0n) is 19.1. The zero-order chi connectivity index (χ0) is 24.0. The molecule has 0 aliphatic carbocycles. The molecule has 0 bridgehead atoms. The molecule has 0 spiro atoms. The maximum atomic E-state index is 13.3. The van der Waals surface area contributed by atoms with Crippen molar-refractivity contribution in [3.05, 3.63) is 126 Å². The van der Waals surface area contributed by atoms with E-state index in [1.54, 1.807) is 41.1 Å². The van der Waals surface area contributed by atoms with Crippen LogP contribution in [0.15, 0.2) is 109 Å². The first kappa shape index (κ1) is 22.0. The predicted molar refractivity (Wildman–Crippen MR) is 134 cm³/mol. The minimum Gasteiger partial charge on any atom is -0.438 e. The first-order valence-corrected chi connectivity index (χ1v) is 11.2. The van der Waals surface area contributed by atoms with E-state index >= 15 is 0 Å². The third kappa shape index (κ3) is 5.25. The minimum atomic E-state index is -0.416. The van der Waals surface area contributed by atoms with Gasteiger partial charge in [-0.05, 0) is 54.4 Å². The van der Waals surface area contributed by atoms with E-state index in [-0.39, 0.29) is 5.91 Å². The second-order valence-corrected chi connectivity index (χ2v) is 8.00. The van der Waals surface area contributed by atoms with Gasteiger partial charge in [0.2, 0.25) is 11.8 Å². The molecule has 5 rings (SSSR count). The molecule has 0 aliphatic heterocycles. The fraction of sp³-hybridized carbons (Fsp3) is 0.0714. The van der Waals surface area contributed by atoms with Crippen LogP contribution in [0.25, 0.3) is 5.82 Å². The minimum absolute atomic E-state index is 0.105. The van der Waals surface area contributed by atoms with Gasteiger partial charge < -0.3 is 10.1 Å². The highest BCUT2D eigenvalue weighted by Crippen LogP contribution is 2.27. The molecule has 172 valence electrons. The van der Waals surface area contributed by atoms with Crippen LogP contribution < -0.4 is 10.1 Å². The van der Waals surface area contributed by atoms with E-state index in [0.717, 1.165) is 16.8 Å². The SMILES string of the molecule is Cc1ccn(-c2ccc(Oc3ccc(NC(=O)C(c4ccccc4)c4ccccc4)cc3)nn2)n1. The summed E-state index contributed by atoms with van der Waals surface area (Å²) < 4.78 is 7.46. The van der Waals surface area contributed by atoms with Gasteiger partial charge in [-0.2, -0.15) is 5.10 Å². The van der Waals surface area contributed by atoms with Crippen LogP contribution >= 0.6 is 0 Å². The van der Waals surface area contributed by atoms with Crippen molar-refractivity contribution in [1.82, 2.24) is 20.0 Å². The number of carbonyl (C=O) groups is 1. The number of anilines is 1. The van der Waals surface area contributed by atoms with Gasteiger partial charge in [-0.3, -0.25) is 4.79 Å². The van der Waals surface area contributed by atoms with Crippen LogP contribution in [0, 0.1) is 6.92 Å². The molecule has 35 heavy (non-hydrogen) atoms. The highest BCUT2D eigenvalue weighted by molar-refractivity contribution is 5.98. The average molecular weight is 462 g/mol. The van der Waals surface area contributed by atoms with Crippen molar-refractivity contribution in [1.29, 1.82) is 0 Å². The number of aryl methyl sites for hydroxylation is 1. The lowest BCUT2D eigenvalue weighted by molar-refractivity contribution is -0.116. The summed E-state index contributed by atoms with van der Waals surface area (Å²) in [5, 5.41) is 15.6. The Labute approximate surface area is 203 Å². The third-order valence-electron chi connectivity index (χ3n) is 5.46. The number of nitrogens with one attached hydrogen (secondary N) is 1. The molecular weight excluding hydrogens is 438 g/mol. The van der Waals surface area contributed by atoms with Crippen LogP contribution in [0.2, 0.25) is 0 Å². The Morgan fingerprint density at radius 2 is 1.46 bits per heavy atom. The summed E-state index contributed by atoms with van der Waals surface area (Å²) in [6.45, 7) is 1.91. The first-order valence-electron chi connectivity index (χ1n) is 11.2. The Kier molecular flexibility index (Phi) is 6.30. The summed E-state index contributed by atoms with van der Waals surface area (Å²) in [6.07, 6.45) is 1.83. The van der Waals surface area contributed by atoms with Crippen molar-refractivity contribution in [2.75, 3.05) is 5.32 Å². The van der Waals surface area contributed by atoms with Crippen LogP contribution in [0.1, 0.15) is 22.7 Å². The van der Waals surface area contributed by atoms with E-state index in [1.807, 2.05) is 79.9 Å². The van der Waals surface area contributed by atoms with Gasteiger partial charge in [0.1, 0.15) is 5.75 Å². The molecule has 0 saturated carbocycles. The molecule has 0 aliphatic rings. The Bertz CT molecular complexity index is 1360. The van der Waals surface area contributed by atoms with Gasteiger partial charge in [0.05, 0.1) is 11.6 Å². The van der Waals surface area contributed by atoms with Crippen LogP contribution in [0.4, 0.5) is 5.69 Å². The van der Waals surface area contributed by atoms with E-state index < -0.39 is 5.92 Å². The molecule has 1 N–H and O–H groups in total. The average Bonchev–Trinajstić information content (AvgIpc) is 3.33. The monoisotopic (exact) mass is 461 g/mol. The summed E-state index contributed by atoms with van der Waals surface area (Å²) in [6, 6.07) is 32.1. The van der Waals surface area contributed by atoms with Crippen molar-refractivity contribution < 1.29 is 9.53 Å². The molecule has 0 saturated heterocycles. The number of carbonyl (C=O) groups excluding carboxylic acids is 1. The van der Waals surface area contributed by atoms with Crippen LogP contribution in [-0.4, -0.2) is 25.9 Å². The van der Waals surface area contributed by atoms with Crippen LogP contribution in [-0.2, 0) is 4.79 Å². The number of rotatable bonds is 7. The Morgan fingerprint density at radius 3 is 2.00 bits per heavy atom. The molecule has 0 radical (unpaired) electrons. The van der Waals surface area contributed by atoms with Crippen molar-refractivity contribution in [3.8, 4) is 17.4 Å². The van der Waals surface area contributed by atoms with Crippen molar-refractivity contribution in [3.63, 3.8) is 0 Å². The lowest BCUT2D eigenvalue weighted by Gasteiger charge is -2.18. The largest absolute Gasteiger partial charge is 0.438 e. The number of benzene rings is 3. The second-order valence-electron chi connectivity index (χ2n) is 8.00. The smallest absolute Gasteiger partial charge is 0.238 e. The van der Waals surface area contributed by atoms with E-state index in [9.17, 15) is 4.79 Å². The molecular formula is C28H23N5O2. The summed E-state index contributed by atoms with van der Waals surface area (Å²) >= 11 is 0. The fourth-order valence-electron chi connectivity index (χ4n) is 3.76. The van der Waals surface area contributed by atoms with Gasteiger partial charge in [0.25, 0.3) is 0 Å². The Balaban J connectivity index is 1.27. The normalized spacial score (nSPS) is 10.8. The Morgan fingerprint density at radius 1 is 0.800 bits per heavy atom. The van der Waals surface area contributed by atoms with Gasteiger partial charge in [-0.15, -0.1) is 10.2 Å². The number of hydrogen-bond donors (Lipinski definition) is 1. The molecule has 2 aromatic heterocycles. The van der Waals surface area contributed by atoms with Gasteiger partial charge in [-0.1, -0.05) is 60.7 Å². The van der Waals surface area contributed by atoms with Gasteiger partial charge >= 0.3 is 0 Å². The number of amides is 1. The highest BCUT2D eigenvalue weighted by Gasteiger charge is 2.22. The molecule has 1 amide bonds. The third-order valence-corrected chi connectivity index (χ3v) is 5.46. The predicted octanol–water partition coefficient (Wildman–Crippen LogP) is 5.53. The summed E-state index contributed by atoms with van der Waals surface area (Å²) in [5.41, 5.74) is 3.44. The Hall–Kier alpha value is -4.78. The van der Waals surface area contributed by atoms with Crippen molar-refractivity contribution in [2.24, 2.45) is 0 Å². The molecule has 7 heteroatoms. The number of hydrogen-bond acceptors (Lipinski definition) is 5. The summed E-state index contributed by atoms with van der Waals surface area (Å²) in [4.78, 5) is 13.3. The number of aromatic nitrogens is 4. The van der Waals surface area contributed by atoms with Crippen LogP contribution in [0.3, 0.4) is 0 Å². The lowest BCUT2D eigenvalue weighted by atomic mass is 9.90. The molecule has 5 aromatic rings. The number of ether oxygens (including phenoxy) is 1. The molecule has 0 atom stereocenters. The summed E-state index contributed by atoms with van der Waals surface area (Å²) in [7, 11) is 0. The van der Waals surface area contributed by atoms with Crippen molar-refractivity contribution in [2.45, 2.75) is 12.8 Å². The van der Waals surface area contributed by atoms with Gasteiger partial charge in [0.15, 0.2) is 5.82 Å². The van der Waals surface area contributed by atoms with Gasteiger partial charge in [0, 0.05) is 18.0 Å². The van der Waals surface area contributed by atoms with E-state index in [1.165, 1.54) is 0 Å². The van der Waals surface area contributed by atoms with Crippen LogP contribution in [0.5, 0.6) is 11.6 Å². The maximum absolute atomic E-state index is 13.3. The van der Waals surface area contributed by atoms with Gasteiger partial charge in [-0.25, -0.2) is 4.68 Å². The summed E-state index contributed by atoms with van der Waals surface area (Å²) in [5.74, 6) is 1.03. The molecule has 3 aromatic carbocycles. The highest BCUT2D eigenvalue weighted by atomic mass is 16.5. The standard InChI is InChI=1S/C28H23N5O2/c1-20-18-19-33(32-20)25-16-17-26(31-30-25)35-24-14-12-23(13-15-24)29-28(34)27(21-8-4-2-5-9-21)22-10-6-3-7-11-22/h2-19,27H,1H3,(H,29,34). The molecule has 0 fully saturated rings. The maximum Gasteiger partial charge on any atom is 0.238 e.